The predicted octanol–water partition coefficient (Wildman–Crippen LogP) is 3.94. The van der Waals surface area contributed by atoms with Crippen LogP contribution < -0.4 is 0 Å². The minimum atomic E-state index is 0.673. The molecule has 0 heterocycles. The lowest BCUT2D eigenvalue weighted by molar-refractivity contribution is -0.00244. The lowest BCUT2D eigenvalue weighted by Gasteiger charge is -1.98. The third-order valence-corrected chi connectivity index (χ3v) is 4.21. The molecule has 0 saturated heterocycles. The van der Waals surface area contributed by atoms with Crippen LogP contribution in [0.3, 0.4) is 0 Å². The molecule has 1 aliphatic rings. The van der Waals surface area contributed by atoms with E-state index in [0.717, 1.165) is 29.4 Å². The van der Waals surface area contributed by atoms with Crippen LogP contribution in [0.4, 0.5) is 0 Å². The van der Waals surface area contributed by atoms with Crippen molar-refractivity contribution < 1.29 is 4.79 Å². The average molecular weight is 444 g/mol. The maximum Gasteiger partial charge on any atom is 0.330 e. The number of halogens is 2. The molecule has 0 unspecified atom stereocenters. The summed E-state index contributed by atoms with van der Waals surface area (Å²) < 4.78 is 2.29. The number of benzene rings is 2. The van der Waals surface area contributed by atoms with E-state index in [1.165, 1.54) is 0 Å². The van der Waals surface area contributed by atoms with Crippen LogP contribution in [-0.4, -0.2) is 10.5 Å². The number of nitrogens with zero attached hydrogens (tertiary/aromatic N) is 2. The van der Waals surface area contributed by atoms with E-state index >= 15 is 0 Å². The van der Waals surface area contributed by atoms with Gasteiger partial charge < -0.3 is 5.53 Å². The summed E-state index contributed by atoms with van der Waals surface area (Å²) in [5, 5.41) is 0. The number of rotatable bonds is 0. The molecule has 4 heteroatoms. The number of hydrogen-bond donors (Lipinski definition) is 0. The second-order valence-electron chi connectivity index (χ2n) is 3.83. The molecular formula is C13H6I2N2. The molecule has 0 fully saturated rings. The van der Waals surface area contributed by atoms with E-state index in [2.05, 4.69) is 86.4 Å². The summed E-state index contributed by atoms with van der Waals surface area (Å²) in [6.07, 6.45) is 0. The molecule has 2 nitrogen and oxygen atoms in total. The summed E-state index contributed by atoms with van der Waals surface area (Å²) in [6.45, 7) is 0. The fourth-order valence-electron chi connectivity index (χ4n) is 2.15. The summed E-state index contributed by atoms with van der Waals surface area (Å²) in [5.74, 6) is 0. The van der Waals surface area contributed by atoms with Crippen molar-refractivity contribution in [2.24, 2.45) is 0 Å². The third-order valence-electron chi connectivity index (χ3n) is 2.86. The van der Waals surface area contributed by atoms with E-state index in [1.54, 1.807) is 0 Å². The van der Waals surface area contributed by atoms with Gasteiger partial charge in [0.05, 0.1) is 11.1 Å². The van der Waals surface area contributed by atoms with E-state index in [-0.39, 0.29) is 0 Å². The summed E-state index contributed by atoms with van der Waals surface area (Å²) in [5.41, 5.74) is 14.2. The van der Waals surface area contributed by atoms with Crippen molar-refractivity contribution >= 4 is 50.9 Å². The number of hydrogen-bond acceptors (Lipinski definition) is 0. The van der Waals surface area contributed by atoms with E-state index in [1.807, 2.05) is 0 Å². The Bertz CT molecular complexity index is 632. The Morgan fingerprint density at radius 3 is 1.65 bits per heavy atom. The average Bonchev–Trinajstić information content (AvgIpc) is 2.60. The van der Waals surface area contributed by atoms with Gasteiger partial charge in [0.25, 0.3) is 0 Å². The molecule has 2 aromatic carbocycles. The molecule has 3 rings (SSSR count). The van der Waals surface area contributed by atoms with Gasteiger partial charge in [0.1, 0.15) is 0 Å². The van der Waals surface area contributed by atoms with Crippen LogP contribution in [0, 0.1) is 7.14 Å². The second kappa shape index (κ2) is 4.19. The molecule has 0 amide bonds. The van der Waals surface area contributed by atoms with Gasteiger partial charge in [-0.1, -0.05) is 12.1 Å². The van der Waals surface area contributed by atoms with Crippen molar-refractivity contribution in [2.45, 2.75) is 0 Å². The zero-order valence-electron chi connectivity index (χ0n) is 8.61. The summed E-state index contributed by atoms with van der Waals surface area (Å²) in [4.78, 5) is 3.46. The zero-order valence-corrected chi connectivity index (χ0v) is 12.9. The van der Waals surface area contributed by atoms with Gasteiger partial charge in [0, 0.05) is 7.14 Å². The zero-order chi connectivity index (χ0) is 12.0. The van der Waals surface area contributed by atoms with Gasteiger partial charge in [-0.15, -0.1) is 0 Å². The molecule has 82 valence electrons. The lowest BCUT2D eigenvalue weighted by Crippen LogP contribution is -1.99. The van der Waals surface area contributed by atoms with E-state index in [0.29, 0.717) is 5.71 Å². The quantitative estimate of drug-likeness (QED) is 0.286. The van der Waals surface area contributed by atoms with E-state index in [4.69, 9.17) is 0 Å². The Hall–Kier alpha value is -0.720. The van der Waals surface area contributed by atoms with Crippen molar-refractivity contribution in [1.82, 2.24) is 0 Å². The molecule has 2 aromatic rings. The fourth-order valence-corrected chi connectivity index (χ4v) is 3.13. The van der Waals surface area contributed by atoms with Crippen LogP contribution in [0.1, 0.15) is 11.1 Å². The summed E-state index contributed by atoms with van der Waals surface area (Å²) in [7, 11) is 0. The van der Waals surface area contributed by atoms with Gasteiger partial charge in [-0.3, -0.25) is 0 Å². The van der Waals surface area contributed by atoms with Gasteiger partial charge in [0.2, 0.25) is 0 Å². The fraction of sp³-hybridized carbons (Fsp3) is 0. The Labute approximate surface area is 126 Å². The molecule has 0 atom stereocenters. The van der Waals surface area contributed by atoms with Crippen LogP contribution in [0.5, 0.6) is 0 Å². The maximum absolute atomic E-state index is 9.22. The van der Waals surface area contributed by atoms with Gasteiger partial charge in [-0.2, -0.15) is 4.79 Å². The van der Waals surface area contributed by atoms with Crippen LogP contribution in [0.15, 0.2) is 36.4 Å². The van der Waals surface area contributed by atoms with Gasteiger partial charge in [-0.25, -0.2) is 0 Å². The molecule has 0 aliphatic heterocycles. The maximum atomic E-state index is 9.22. The molecule has 0 bridgehead atoms. The number of fused-ring (bicyclic) bond motifs is 3. The molecule has 17 heavy (non-hydrogen) atoms. The highest BCUT2D eigenvalue weighted by atomic mass is 127. The Morgan fingerprint density at radius 2 is 1.24 bits per heavy atom. The highest BCUT2D eigenvalue weighted by Crippen LogP contribution is 2.37. The van der Waals surface area contributed by atoms with Gasteiger partial charge >= 0.3 is 5.71 Å². The van der Waals surface area contributed by atoms with Crippen molar-refractivity contribution in [3.63, 3.8) is 0 Å². The van der Waals surface area contributed by atoms with E-state index in [9.17, 15) is 5.53 Å². The van der Waals surface area contributed by atoms with Crippen LogP contribution >= 0.6 is 45.2 Å². The molecule has 0 spiro atoms. The van der Waals surface area contributed by atoms with Crippen LogP contribution in [0.25, 0.3) is 16.7 Å². The van der Waals surface area contributed by atoms with Crippen LogP contribution in [0.2, 0.25) is 0 Å². The topological polar surface area (TPSA) is 36.4 Å². The highest BCUT2D eigenvalue weighted by Gasteiger charge is 2.31. The summed E-state index contributed by atoms with van der Waals surface area (Å²) in [6, 6.07) is 12.4. The standard InChI is InChI=1S/C13H6I2N2/c14-7-1-3-9-10-4-2-8(15)6-12(10)13(17-16)11(9)5-7/h1-6H. The third kappa shape index (κ3) is 1.75. The lowest BCUT2D eigenvalue weighted by atomic mass is 10.1. The monoisotopic (exact) mass is 444 g/mol. The second-order valence-corrected chi connectivity index (χ2v) is 6.32. The van der Waals surface area contributed by atoms with Crippen molar-refractivity contribution in [3.8, 4) is 11.1 Å². The molecule has 0 aromatic heterocycles. The van der Waals surface area contributed by atoms with Crippen LogP contribution in [-0.2, 0) is 0 Å². The first kappa shape index (κ1) is 11.4. The molecule has 0 radical (unpaired) electrons. The first-order chi connectivity index (χ1) is 8.20. The van der Waals surface area contributed by atoms with Gasteiger partial charge in [0.15, 0.2) is 0 Å². The largest absolute Gasteiger partial charge is 0.361 e. The Balaban J connectivity index is 2.41. The minimum absolute atomic E-state index is 0.673. The molecule has 1 aliphatic carbocycles. The molecule has 0 saturated carbocycles. The SMILES string of the molecule is [N-]=[N+]=C1c2cc(I)ccc2-c2ccc(I)cc21. The molecular weight excluding hydrogens is 438 g/mol. The first-order valence-electron chi connectivity index (χ1n) is 5.03. The Morgan fingerprint density at radius 1 is 0.765 bits per heavy atom. The smallest absolute Gasteiger partial charge is 0.330 e. The van der Waals surface area contributed by atoms with Crippen molar-refractivity contribution in [2.75, 3.05) is 0 Å². The summed E-state index contributed by atoms with van der Waals surface area (Å²) >= 11 is 4.54. The molecule has 0 N–H and O–H groups in total. The predicted molar refractivity (Wildman–Crippen MR) is 84.1 cm³/mol. The van der Waals surface area contributed by atoms with Gasteiger partial charge in [-0.05, 0) is 80.6 Å². The van der Waals surface area contributed by atoms with Crippen molar-refractivity contribution in [1.29, 1.82) is 0 Å². The van der Waals surface area contributed by atoms with Crippen molar-refractivity contribution in [3.05, 3.63) is 60.2 Å². The van der Waals surface area contributed by atoms with E-state index < -0.39 is 0 Å². The highest BCUT2D eigenvalue weighted by molar-refractivity contribution is 14.1. The normalized spacial score (nSPS) is 12.0. The Kier molecular flexibility index (Phi) is 2.80. The minimum Gasteiger partial charge on any atom is -0.361 e. The first-order valence-corrected chi connectivity index (χ1v) is 7.19.